The highest BCUT2D eigenvalue weighted by Gasteiger charge is 1.94. The van der Waals surface area contributed by atoms with Gasteiger partial charge in [-0.1, -0.05) is 39.0 Å². The molecular formula is C14H21O2. The Bertz CT molecular complexity index is 267. The van der Waals surface area contributed by atoms with E-state index in [1.165, 1.54) is 25.7 Å². The summed E-state index contributed by atoms with van der Waals surface area (Å²) in [5.74, 6) is 1.11. The maximum atomic E-state index is 9.09. The lowest BCUT2D eigenvalue weighted by molar-refractivity contribution is 0.304. The fraction of sp³-hybridized carbons (Fsp3) is 0.500. The van der Waals surface area contributed by atoms with Gasteiger partial charge < -0.3 is 9.84 Å². The average molecular weight is 221 g/mol. The topological polar surface area (TPSA) is 29.5 Å². The van der Waals surface area contributed by atoms with Gasteiger partial charge in [0, 0.05) is 0 Å². The minimum absolute atomic E-state index is 0.278. The van der Waals surface area contributed by atoms with E-state index in [9.17, 15) is 0 Å². The van der Waals surface area contributed by atoms with E-state index in [1.807, 2.05) is 0 Å². The van der Waals surface area contributed by atoms with Crippen molar-refractivity contribution in [1.82, 2.24) is 0 Å². The Kier molecular flexibility index (Phi) is 6.47. The first-order valence-corrected chi connectivity index (χ1v) is 6.04. The van der Waals surface area contributed by atoms with Gasteiger partial charge in [-0.25, -0.2) is 0 Å². The van der Waals surface area contributed by atoms with Crippen molar-refractivity contribution in [3.63, 3.8) is 0 Å². The van der Waals surface area contributed by atoms with Crippen LogP contribution in [0, 0.1) is 6.92 Å². The largest absolute Gasteiger partial charge is 0.508 e. The van der Waals surface area contributed by atoms with Gasteiger partial charge >= 0.3 is 0 Å². The van der Waals surface area contributed by atoms with Crippen LogP contribution in [0.4, 0.5) is 0 Å². The number of unbranched alkanes of at least 4 members (excludes halogenated alkanes) is 5. The van der Waals surface area contributed by atoms with Crippen LogP contribution in [-0.2, 0) is 0 Å². The molecule has 0 amide bonds. The number of hydrogen-bond acceptors (Lipinski definition) is 2. The average Bonchev–Trinajstić information content (AvgIpc) is 2.30. The number of hydrogen-bond donors (Lipinski definition) is 1. The summed E-state index contributed by atoms with van der Waals surface area (Å²) in [4.78, 5) is 0. The number of phenolic OH excluding ortho intramolecular Hbond substituents is 1. The lowest BCUT2D eigenvalue weighted by Gasteiger charge is -2.05. The second kappa shape index (κ2) is 8.03. The zero-order valence-corrected chi connectivity index (χ0v) is 9.82. The molecule has 2 nitrogen and oxygen atoms in total. The fourth-order valence-corrected chi connectivity index (χ4v) is 1.54. The molecule has 16 heavy (non-hydrogen) atoms. The van der Waals surface area contributed by atoms with Crippen LogP contribution in [0.1, 0.15) is 38.5 Å². The first-order valence-electron chi connectivity index (χ1n) is 6.04. The molecule has 0 spiro atoms. The van der Waals surface area contributed by atoms with Crippen LogP contribution in [0.25, 0.3) is 0 Å². The molecular weight excluding hydrogens is 200 g/mol. The lowest BCUT2D eigenvalue weighted by atomic mass is 10.1. The maximum absolute atomic E-state index is 9.09. The van der Waals surface area contributed by atoms with E-state index in [0.29, 0.717) is 0 Å². The van der Waals surface area contributed by atoms with Crippen LogP contribution in [0.5, 0.6) is 11.5 Å². The molecule has 1 aromatic carbocycles. The van der Waals surface area contributed by atoms with Gasteiger partial charge in [0.2, 0.25) is 0 Å². The molecule has 1 N–H and O–H groups in total. The summed E-state index contributed by atoms with van der Waals surface area (Å²) in [6, 6.07) is 6.86. The van der Waals surface area contributed by atoms with E-state index < -0.39 is 0 Å². The molecule has 1 rings (SSSR count). The third-order valence-corrected chi connectivity index (χ3v) is 2.50. The molecule has 0 heterocycles. The highest BCUT2D eigenvalue weighted by molar-refractivity contribution is 5.29. The van der Waals surface area contributed by atoms with Crippen LogP contribution < -0.4 is 4.74 Å². The Morgan fingerprint density at radius 3 is 2.25 bits per heavy atom. The molecule has 1 aromatic rings. The third kappa shape index (κ3) is 5.64. The molecule has 0 saturated heterocycles. The molecule has 89 valence electrons. The van der Waals surface area contributed by atoms with E-state index in [4.69, 9.17) is 9.84 Å². The summed E-state index contributed by atoms with van der Waals surface area (Å²) in [7, 11) is 0. The van der Waals surface area contributed by atoms with Crippen LogP contribution in [0.15, 0.2) is 24.3 Å². The lowest BCUT2D eigenvalue weighted by Crippen LogP contribution is -1.96. The second-order valence-electron chi connectivity index (χ2n) is 3.96. The zero-order chi connectivity index (χ0) is 11.6. The summed E-state index contributed by atoms with van der Waals surface area (Å²) in [5, 5.41) is 9.09. The molecule has 0 bridgehead atoms. The van der Waals surface area contributed by atoms with Gasteiger partial charge in [-0.15, -0.1) is 0 Å². The highest BCUT2D eigenvalue weighted by atomic mass is 16.5. The van der Waals surface area contributed by atoms with Gasteiger partial charge in [0.25, 0.3) is 0 Å². The summed E-state index contributed by atoms with van der Waals surface area (Å²) < 4.78 is 5.54. The predicted molar refractivity (Wildman–Crippen MR) is 66.7 cm³/mol. The minimum atomic E-state index is 0.278. The van der Waals surface area contributed by atoms with E-state index in [1.54, 1.807) is 24.3 Å². The Hall–Kier alpha value is -1.18. The molecule has 0 atom stereocenters. The zero-order valence-electron chi connectivity index (χ0n) is 9.82. The quantitative estimate of drug-likeness (QED) is 0.674. The first-order chi connectivity index (χ1) is 7.83. The molecule has 0 fully saturated rings. The molecule has 1 radical (unpaired) electrons. The van der Waals surface area contributed by atoms with Crippen LogP contribution in [-0.4, -0.2) is 11.7 Å². The van der Waals surface area contributed by atoms with Crippen molar-refractivity contribution in [3.8, 4) is 11.5 Å². The smallest absolute Gasteiger partial charge is 0.119 e. The fourth-order valence-electron chi connectivity index (χ4n) is 1.54. The molecule has 2 heteroatoms. The molecule has 0 aromatic heterocycles. The van der Waals surface area contributed by atoms with Gasteiger partial charge in [0.05, 0.1) is 6.61 Å². The molecule has 0 saturated carbocycles. The van der Waals surface area contributed by atoms with E-state index in [2.05, 4.69) is 6.92 Å². The second-order valence-corrected chi connectivity index (χ2v) is 3.96. The first kappa shape index (κ1) is 12.9. The van der Waals surface area contributed by atoms with Gasteiger partial charge in [-0.3, -0.25) is 0 Å². The normalized spacial score (nSPS) is 10.3. The molecule has 0 unspecified atom stereocenters. The highest BCUT2D eigenvalue weighted by Crippen LogP contribution is 2.16. The number of aromatic hydroxyl groups is 1. The number of ether oxygens (including phenoxy) is 1. The third-order valence-electron chi connectivity index (χ3n) is 2.50. The van der Waals surface area contributed by atoms with Crippen LogP contribution in [0.3, 0.4) is 0 Å². The molecule has 0 aliphatic rings. The van der Waals surface area contributed by atoms with Crippen molar-refractivity contribution in [2.75, 3.05) is 6.61 Å². The number of benzene rings is 1. The van der Waals surface area contributed by atoms with E-state index in [-0.39, 0.29) is 5.75 Å². The van der Waals surface area contributed by atoms with Crippen molar-refractivity contribution < 1.29 is 9.84 Å². The Balaban J connectivity index is 2.01. The van der Waals surface area contributed by atoms with E-state index >= 15 is 0 Å². The summed E-state index contributed by atoms with van der Waals surface area (Å²) >= 11 is 0. The van der Waals surface area contributed by atoms with Gasteiger partial charge in [0.15, 0.2) is 0 Å². The Morgan fingerprint density at radius 1 is 0.938 bits per heavy atom. The Labute approximate surface area is 98.3 Å². The number of rotatable bonds is 8. The Morgan fingerprint density at radius 2 is 1.56 bits per heavy atom. The van der Waals surface area contributed by atoms with Crippen molar-refractivity contribution in [2.24, 2.45) is 0 Å². The van der Waals surface area contributed by atoms with Gasteiger partial charge in [-0.2, -0.15) is 0 Å². The van der Waals surface area contributed by atoms with E-state index in [0.717, 1.165) is 25.2 Å². The minimum Gasteiger partial charge on any atom is -0.508 e. The summed E-state index contributed by atoms with van der Waals surface area (Å²) in [5.41, 5.74) is 0. The SMILES string of the molecule is [CH2]CCCCCCCOc1ccc(O)cc1. The standard InChI is InChI=1S/C14H21O2/c1-2-3-4-5-6-7-12-16-14-10-8-13(15)9-11-14/h8-11,15H,1-7,12H2. The monoisotopic (exact) mass is 221 g/mol. The summed E-state index contributed by atoms with van der Waals surface area (Å²) in [6.07, 6.45) is 7.15. The maximum Gasteiger partial charge on any atom is 0.119 e. The van der Waals surface area contributed by atoms with Crippen molar-refractivity contribution in [2.45, 2.75) is 38.5 Å². The van der Waals surface area contributed by atoms with Crippen molar-refractivity contribution >= 4 is 0 Å². The van der Waals surface area contributed by atoms with Crippen LogP contribution in [0.2, 0.25) is 0 Å². The summed E-state index contributed by atoms with van der Waals surface area (Å²) in [6.45, 7) is 4.58. The molecule has 0 aliphatic heterocycles. The van der Waals surface area contributed by atoms with Crippen molar-refractivity contribution in [1.29, 1.82) is 0 Å². The predicted octanol–water partition coefficient (Wildman–Crippen LogP) is 3.95. The van der Waals surface area contributed by atoms with Crippen molar-refractivity contribution in [3.05, 3.63) is 31.2 Å². The van der Waals surface area contributed by atoms with Gasteiger partial charge in [0.1, 0.15) is 11.5 Å². The molecule has 0 aliphatic carbocycles. The van der Waals surface area contributed by atoms with Gasteiger partial charge in [-0.05, 0) is 30.7 Å². The number of phenols is 1. The van der Waals surface area contributed by atoms with Crippen LogP contribution >= 0.6 is 0 Å².